The molecular formula is C15H24N2O2. The summed E-state index contributed by atoms with van der Waals surface area (Å²) in [6, 6.07) is 8.28. The van der Waals surface area contributed by atoms with Crippen LogP contribution in [0.3, 0.4) is 0 Å². The van der Waals surface area contributed by atoms with Crippen LogP contribution >= 0.6 is 0 Å². The number of aliphatic hydroxyl groups excluding tert-OH is 1. The number of hydrogen-bond acceptors (Lipinski definition) is 4. The molecule has 0 bridgehead atoms. The van der Waals surface area contributed by atoms with E-state index in [4.69, 9.17) is 9.84 Å². The fraction of sp³-hybridized carbons (Fsp3) is 0.600. The van der Waals surface area contributed by atoms with Gasteiger partial charge in [-0.15, -0.1) is 0 Å². The van der Waals surface area contributed by atoms with E-state index in [2.05, 4.69) is 21.9 Å². The first-order chi connectivity index (χ1) is 9.33. The highest BCUT2D eigenvalue weighted by atomic mass is 16.5. The van der Waals surface area contributed by atoms with Crippen molar-refractivity contribution in [3.8, 4) is 5.75 Å². The fourth-order valence-electron chi connectivity index (χ4n) is 2.48. The minimum atomic E-state index is 0.257. The number of para-hydroxylation sites is 1. The molecule has 1 fully saturated rings. The van der Waals surface area contributed by atoms with Gasteiger partial charge in [-0.3, -0.25) is 9.80 Å². The van der Waals surface area contributed by atoms with Crippen LogP contribution in [0.2, 0.25) is 0 Å². The van der Waals surface area contributed by atoms with Crippen LogP contribution in [-0.4, -0.2) is 60.8 Å². The zero-order valence-corrected chi connectivity index (χ0v) is 11.7. The molecule has 1 aromatic carbocycles. The Morgan fingerprint density at radius 3 is 2.47 bits per heavy atom. The maximum absolute atomic E-state index is 8.94. The number of hydrogen-bond donors (Lipinski definition) is 1. The van der Waals surface area contributed by atoms with Crippen molar-refractivity contribution in [3.05, 3.63) is 29.8 Å². The summed E-state index contributed by atoms with van der Waals surface area (Å²) in [4.78, 5) is 4.76. The number of β-amino-alcohol motifs (C(OH)–C–C–N with tert-alkyl or cyclic N) is 1. The van der Waals surface area contributed by atoms with Crippen molar-refractivity contribution in [2.24, 2.45) is 0 Å². The summed E-state index contributed by atoms with van der Waals surface area (Å²) in [7, 11) is 0. The normalized spacial score (nSPS) is 17.6. The maximum Gasteiger partial charge on any atom is 0.123 e. The Hall–Kier alpha value is -1.10. The van der Waals surface area contributed by atoms with Gasteiger partial charge in [0.1, 0.15) is 5.75 Å². The second-order valence-corrected chi connectivity index (χ2v) is 4.88. The Labute approximate surface area is 115 Å². The van der Waals surface area contributed by atoms with Crippen molar-refractivity contribution in [1.82, 2.24) is 9.80 Å². The van der Waals surface area contributed by atoms with E-state index in [1.165, 1.54) is 5.56 Å². The van der Waals surface area contributed by atoms with Crippen LogP contribution in [0.4, 0.5) is 0 Å². The van der Waals surface area contributed by atoms with Gasteiger partial charge in [-0.05, 0) is 13.0 Å². The summed E-state index contributed by atoms with van der Waals surface area (Å²) in [5.41, 5.74) is 1.26. The second kappa shape index (κ2) is 7.48. The predicted molar refractivity (Wildman–Crippen MR) is 76.4 cm³/mol. The van der Waals surface area contributed by atoms with Gasteiger partial charge in [0.05, 0.1) is 13.2 Å². The molecule has 0 spiro atoms. The lowest BCUT2D eigenvalue weighted by Crippen LogP contribution is -2.46. The molecular weight excluding hydrogens is 240 g/mol. The van der Waals surface area contributed by atoms with E-state index in [0.29, 0.717) is 6.61 Å². The van der Waals surface area contributed by atoms with Crippen molar-refractivity contribution in [2.45, 2.75) is 13.5 Å². The van der Waals surface area contributed by atoms with Crippen LogP contribution in [0.25, 0.3) is 0 Å². The van der Waals surface area contributed by atoms with Crippen molar-refractivity contribution >= 4 is 0 Å². The molecule has 0 unspecified atom stereocenters. The summed E-state index contributed by atoms with van der Waals surface area (Å²) in [5.74, 6) is 1.00. The molecule has 1 aromatic rings. The summed E-state index contributed by atoms with van der Waals surface area (Å²) >= 11 is 0. The minimum Gasteiger partial charge on any atom is -0.494 e. The molecule has 4 heteroatoms. The van der Waals surface area contributed by atoms with Gasteiger partial charge in [-0.1, -0.05) is 18.2 Å². The maximum atomic E-state index is 8.94. The Bertz CT molecular complexity index is 376. The highest BCUT2D eigenvalue weighted by Crippen LogP contribution is 2.20. The molecule has 1 aliphatic rings. The number of benzene rings is 1. The molecule has 106 valence electrons. The van der Waals surface area contributed by atoms with Gasteiger partial charge in [0.15, 0.2) is 0 Å². The van der Waals surface area contributed by atoms with E-state index in [1.807, 2.05) is 19.1 Å². The van der Waals surface area contributed by atoms with Crippen LogP contribution in [0.5, 0.6) is 5.75 Å². The number of piperazine rings is 1. The molecule has 1 N–H and O–H groups in total. The Balaban J connectivity index is 1.88. The average molecular weight is 264 g/mol. The van der Waals surface area contributed by atoms with Gasteiger partial charge in [0.2, 0.25) is 0 Å². The minimum absolute atomic E-state index is 0.257. The average Bonchev–Trinajstić information content (AvgIpc) is 2.44. The lowest BCUT2D eigenvalue weighted by molar-refractivity contribution is 0.108. The topological polar surface area (TPSA) is 35.9 Å². The molecule has 0 saturated carbocycles. The molecule has 1 heterocycles. The summed E-state index contributed by atoms with van der Waals surface area (Å²) < 4.78 is 5.67. The molecule has 0 aliphatic carbocycles. The number of rotatable bonds is 6. The summed E-state index contributed by atoms with van der Waals surface area (Å²) in [6.07, 6.45) is 0. The van der Waals surface area contributed by atoms with Gasteiger partial charge < -0.3 is 9.84 Å². The van der Waals surface area contributed by atoms with Gasteiger partial charge in [-0.25, -0.2) is 0 Å². The van der Waals surface area contributed by atoms with Gasteiger partial charge in [0, 0.05) is 44.8 Å². The van der Waals surface area contributed by atoms with Crippen LogP contribution in [-0.2, 0) is 6.54 Å². The Morgan fingerprint density at radius 2 is 1.79 bits per heavy atom. The lowest BCUT2D eigenvalue weighted by Gasteiger charge is -2.34. The number of nitrogens with zero attached hydrogens (tertiary/aromatic N) is 2. The number of aliphatic hydroxyl groups is 1. The summed E-state index contributed by atoms with van der Waals surface area (Å²) in [5, 5.41) is 8.94. The zero-order chi connectivity index (χ0) is 13.5. The third kappa shape index (κ3) is 4.20. The number of ether oxygens (including phenoxy) is 1. The molecule has 0 atom stereocenters. The predicted octanol–water partition coefficient (Wildman–Crippen LogP) is 1.20. The smallest absolute Gasteiger partial charge is 0.123 e. The van der Waals surface area contributed by atoms with E-state index >= 15 is 0 Å². The quantitative estimate of drug-likeness (QED) is 0.837. The van der Waals surface area contributed by atoms with E-state index in [0.717, 1.165) is 45.0 Å². The van der Waals surface area contributed by atoms with E-state index < -0.39 is 0 Å². The van der Waals surface area contributed by atoms with E-state index in [1.54, 1.807) is 0 Å². The Morgan fingerprint density at radius 1 is 1.11 bits per heavy atom. The van der Waals surface area contributed by atoms with Crippen LogP contribution in [0.15, 0.2) is 24.3 Å². The zero-order valence-electron chi connectivity index (χ0n) is 11.7. The van der Waals surface area contributed by atoms with E-state index in [9.17, 15) is 0 Å². The third-order valence-corrected chi connectivity index (χ3v) is 3.55. The van der Waals surface area contributed by atoms with Crippen LogP contribution in [0, 0.1) is 0 Å². The van der Waals surface area contributed by atoms with Crippen molar-refractivity contribution < 1.29 is 9.84 Å². The molecule has 0 aromatic heterocycles. The van der Waals surface area contributed by atoms with Crippen molar-refractivity contribution in [2.75, 3.05) is 45.9 Å². The first-order valence-corrected chi connectivity index (χ1v) is 7.09. The summed E-state index contributed by atoms with van der Waals surface area (Å²) in [6.45, 7) is 8.92. The van der Waals surface area contributed by atoms with Gasteiger partial charge >= 0.3 is 0 Å². The highest BCUT2D eigenvalue weighted by Gasteiger charge is 2.17. The molecule has 19 heavy (non-hydrogen) atoms. The largest absolute Gasteiger partial charge is 0.494 e. The molecule has 1 aliphatic heterocycles. The van der Waals surface area contributed by atoms with Crippen LogP contribution < -0.4 is 4.74 Å². The first-order valence-electron chi connectivity index (χ1n) is 7.09. The molecule has 2 rings (SSSR count). The molecule has 0 radical (unpaired) electrons. The van der Waals surface area contributed by atoms with Crippen LogP contribution in [0.1, 0.15) is 12.5 Å². The fourth-order valence-corrected chi connectivity index (χ4v) is 2.48. The standard InChI is InChI=1S/C15H24N2O2/c1-2-19-15-6-4-3-5-14(15)13-17-9-7-16(8-10-17)11-12-18/h3-6,18H,2,7-13H2,1H3. The van der Waals surface area contributed by atoms with Gasteiger partial charge in [0.25, 0.3) is 0 Å². The molecule has 4 nitrogen and oxygen atoms in total. The first kappa shape index (κ1) is 14.3. The van der Waals surface area contributed by atoms with Crippen molar-refractivity contribution in [1.29, 1.82) is 0 Å². The highest BCUT2D eigenvalue weighted by molar-refractivity contribution is 5.33. The monoisotopic (exact) mass is 264 g/mol. The van der Waals surface area contributed by atoms with Gasteiger partial charge in [-0.2, -0.15) is 0 Å². The Kier molecular flexibility index (Phi) is 5.63. The van der Waals surface area contributed by atoms with E-state index in [-0.39, 0.29) is 6.61 Å². The SMILES string of the molecule is CCOc1ccccc1CN1CCN(CCO)CC1. The third-order valence-electron chi connectivity index (χ3n) is 3.55. The lowest BCUT2D eigenvalue weighted by atomic mass is 10.1. The molecule has 0 amide bonds. The second-order valence-electron chi connectivity index (χ2n) is 4.88. The van der Waals surface area contributed by atoms with Crippen molar-refractivity contribution in [3.63, 3.8) is 0 Å². The molecule has 1 saturated heterocycles.